The minimum Gasteiger partial charge on any atom is -0.344 e. The van der Waals surface area contributed by atoms with E-state index in [-0.39, 0.29) is 0 Å². The first-order valence-corrected chi connectivity index (χ1v) is 3.07. The first kappa shape index (κ1) is 6.29. The fourth-order valence-corrected chi connectivity index (χ4v) is 0.790. The Balaban J connectivity index is 2.69. The van der Waals surface area contributed by atoms with Crippen molar-refractivity contribution in [2.45, 2.75) is 6.54 Å². The van der Waals surface area contributed by atoms with Crippen molar-refractivity contribution in [3.8, 4) is 0 Å². The molecule has 0 aliphatic rings. The van der Waals surface area contributed by atoms with Gasteiger partial charge in [-0.25, -0.2) is 4.98 Å². The highest BCUT2D eigenvalue weighted by atomic mass is 15.0. The number of imidazole rings is 1. The summed E-state index contributed by atoms with van der Waals surface area (Å²) in [6.45, 7) is 1.01. The van der Waals surface area contributed by atoms with Crippen molar-refractivity contribution in [3.63, 3.8) is 0 Å². The first-order valence-electron chi connectivity index (χ1n) is 3.07. The van der Waals surface area contributed by atoms with Crippen LogP contribution in [-0.4, -0.2) is 16.6 Å². The van der Waals surface area contributed by atoms with Gasteiger partial charge in [-0.2, -0.15) is 0 Å². The zero-order valence-corrected chi connectivity index (χ0v) is 5.83. The summed E-state index contributed by atoms with van der Waals surface area (Å²) >= 11 is 0. The minimum atomic E-state index is 1.01. The van der Waals surface area contributed by atoms with E-state index in [0.717, 1.165) is 6.54 Å². The van der Waals surface area contributed by atoms with E-state index >= 15 is 0 Å². The van der Waals surface area contributed by atoms with Gasteiger partial charge in [0, 0.05) is 7.05 Å². The predicted octanol–water partition coefficient (Wildman–Crippen LogP) is -0.887. The Hall–Kier alpha value is -0.830. The molecule has 1 rings (SSSR count). The second-order valence-electron chi connectivity index (χ2n) is 2.11. The van der Waals surface area contributed by atoms with E-state index in [1.807, 2.05) is 31.2 Å². The number of aryl methyl sites for hydroxylation is 1. The number of nitrogens with two attached hydrogens (primary N) is 1. The summed E-state index contributed by atoms with van der Waals surface area (Å²) in [6, 6.07) is 0. The smallest absolute Gasteiger partial charge is 0.118 e. The molecule has 1 aromatic heterocycles. The highest BCUT2D eigenvalue weighted by molar-refractivity contribution is 4.93. The van der Waals surface area contributed by atoms with Gasteiger partial charge in [-0.1, -0.05) is 0 Å². The van der Waals surface area contributed by atoms with Gasteiger partial charge in [-0.05, 0) is 0 Å². The van der Waals surface area contributed by atoms with E-state index in [1.54, 1.807) is 0 Å². The molecule has 0 atom stereocenters. The van der Waals surface area contributed by atoms with E-state index in [4.69, 9.17) is 0 Å². The third-order valence-corrected chi connectivity index (χ3v) is 1.33. The van der Waals surface area contributed by atoms with Gasteiger partial charge in [0.1, 0.15) is 6.54 Å². The molecule has 1 heterocycles. The highest BCUT2D eigenvalue weighted by Crippen LogP contribution is 1.90. The quantitative estimate of drug-likeness (QED) is 0.548. The molecule has 0 fully saturated rings. The Labute approximate surface area is 54.7 Å². The van der Waals surface area contributed by atoms with Crippen molar-refractivity contribution >= 4 is 0 Å². The van der Waals surface area contributed by atoms with Crippen molar-refractivity contribution in [2.24, 2.45) is 7.05 Å². The summed E-state index contributed by atoms with van der Waals surface area (Å²) < 4.78 is 2.03. The molecule has 1 aromatic rings. The van der Waals surface area contributed by atoms with Crippen LogP contribution in [0.2, 0.25) is 0 Å². The lowest BCUT2D eigenvalue weighted by molar-refractivity contribution is -0.644. The zero-order chi connectivity index (χ0) is 6.69. The maximum atomic E-state index is 3.98. The SMILES string of the molecule is C[NH2+]Cc1cncn1C. The van der Waals surface area contributed by atoms with Gasteiger partial charge in [-0.15, -0.1) is 0 Å². The van der Waals surface area contributed by atoms with Gasteiger partial charge < -0.3 is 9.88 Å². The summed E-state index contributed by atoms with van der Waals surface area (Å²) in [4.78, 5) is 3.98. The molecule has 2 N–H and O–H groups in total. The minimum absolute atomic E-state index is 1.01. The van der Waals surface area contributed by atoms with E-state index in [2.05, 4.69) is 10.3 Å². The summed E-state index contributed by atoms with van der Waals surface area (Å²) in [5.74, 6) is 0. The van der Waals surface area contributed by atoms with Crippen LogP contribution in [0.4, 0.5) is 0 Å². The molecule has 0 aromatic carbocycles. The second-order valence-corrected chi connectivity index (χ2v) is 2.11. The molecule has 3 nitrogen and oxygen atoms in total. The van der Waals surface area contributed by atoms with Crippen LogP contribution >= 0.6 is 0 Å². The predicted molar refractivity (Wildman–Crippen MR) is 34.8 cm³/mol. The summed E-state index contributed by atoms with van der Waals surface area (Å²) in [6.07, 6.45) is 3.71. The standard InChI is InChI=1S/C6H11N3/c1-7-3-6-4-8-5-9(6)2/h4-5,7H,3H2,1-2H3/p+1. The molecule has 0 radical (unpaired) electrons. The van der Waals surface area contributed by atoms with Crippen LogP contribution in [0, 0.1) is 0 Å². The molecule has 0 aliphatic carbocycles. The fraction of sp³-hybridized carbons (Fsp3) is 0.500. The summed E-state index contributed by atoms with van der Waals surface area (Å²) in [5.41, 5.74) is 1.26. The summed E-state index contributed by atoms with van der Waals surface area (Å²) in [5, 5.41) is 2.12. The lowest BCUT2D eigenvalue weighted by Crippen LogP contribution is -2.77. The lowest BCUT2D eigenvalue weighted by atomic mass is 10.5. The highest BCUT2D eigenvalue weighted by Gasteiger charge is 1.95. The fourth-order valence-electron chi connectivity index (χ4n) is 0.790. The Morgan fingerprint density at radius 1 is 1.78 bits per heavy atom. The molecule has 50 valence electrons. The molecule has 0 unspecified atom stereocenters. The van der Waals surface area contributed by atoms with Crippen molar-refractivity contribution in [3.05, 3.63) is 18.2 Å². The average molecular weight is 126 g/mol. The normalized spacial score (nSPS) is 10.0. The van der Waals surface area contributed by atoms with Crippen molar-refractivity contribution in [1.29, 1.82) is 0 Å². The van der Waals surface area contributed by atoms with Gasteiger partial charge in [0.05, 0.1) is 25.3 Å². The number of aromatic nitrogens is 2. The molecule has 0 amide bonds. The number of nitrogens with zero attached hydrogens (tertiary/aromatic N) is 2. The average Bonchev–Trinajstić information content (AvgIpc) is 2.18. The Morgan fingerprint density at radius 2 is 2.56 bits per heavy atom. The Kier molecular flexibility index (Phi) is 1.85. The molecule has 0 saturated carbocycles. The molecule has 0 saturated heterocycles. The van der Waals surface area contributed by atoms with Crippen LogP contribution in [0.1, 0.15) is 5.69 Å². The molecular formula is C6H12N3+. The van der Waals surface area contributed by atoms with Crippen LogP contribution in [0.3, 0.4) is 0 Å². The van der Waals surface area contributed by atoms with Crippen molar-refractivity contribution < 1.29 is 5.32 Å². The van der Waals surface area contributed by atoms with E-state index in [1.165, 1.54) is 5.69 Å². The number of quaternary nitrogens is 1. The third-order valence-electron chi connectivity index (χ3n) is 1.33. The molecule has 9 heavy (non-hydrogen) atoms. The van der Waals surface area contributed by atoms with Gasteiger partial charge in [0.15, 0.2) is 0 Å². The van der Waals surface area contributed by atoms with Crippen LogP contribution < -0.4 is 5.32 Å². The van der Waals surface area contributed by atoms with E-state index < -0.39 is 0 Å². The molecule has 0 aliphatic heterocycles. The molecular weight excluding hydrogens is 114 g/mol. The van der Waals surface area contributed by atoms with Gasteiger partial charge in [0.2, 0.25) is 0 Å². The number of hydrogen-bond donors (Lipinski definition) is 1. The maximum Gasteiger partial charge on any atom is 0.118 e. The van der Waals surface area contributed by atoms with Crippen molar-refractivity contribution in [1.82, 2.24) is 9.55 Å². The van der Waals surface area contributed by atoms with Gasteiger partial charge in [0.25, 0.3) is 0 Å². The summed E-state index contributed by atoms with van der Waals surface area (Å²) in [7, 11) is 4.05. The zero-order valence-electron chi connectivity index (χ0n) is 5.83. The largest absolute Gasteiger partial charge is 0.344 e. The van der Waals surface area contributed by atoms with Gasteiger partial charge >= 0.3 is 0 Å². The maximum absolute atomic E-state index is 3.98. The van der Waals surface area contributed by atoms with Crippen molar-refractivity contribution in [2.75, 3.05) is 7.05 Å². The first-order chi connectivity index (χ1) is 4.34. The number of rotatable bonds is 2. The molecule has 0 spiro atoms. The molecule has 0 bridgehead atoms. The van der Waals surface area contributed by atoms with E-state index in [9.17, 15) is 0 Å². The van der Waals surface area contributed by atoms with Crippen LogP contribution in [0.15, 0.2) is 12.5 Å². The van der Waals surface area contributed by atoms with Gasteiger partial charge in [-0.3, -0.25) is 0 Å². The Bertz CT molecular complexity index is 180. The molecule has 3 heteroatoms. The number of hydrogen-bond acceptors (Lipinski definition) is 1. The monoisotopic (exact) mass is 126 g/mol. The lowest BCUT2D eigenvalue weighted by Gasteiger charge is -1.95. The second kappa shape index (κ2) is 2.64. The van der Waals surface area contributed by atoms with Crippen LogP contribution in [0.5, 0.6) is 0 Å². The van der Waals surface area contributed by atoms with E-state index in [0.29, 0.717) is 0 Å². The third kappa shape index (κ3) is 1.29. The van der Waals surface area contributed by atoms with Crippen LogP contribution in [0.25, 0.3) is 0 Å². The Morgan fingerprint density at radius 3 is 3.00 bits per heavy atom. The topological polar surface area (TPSA) is 34.4 Å². The van der Waals surface area contributed by atoms with Crippen LogP contribution in [-0.2, 0) is 13.6 Å².